The first-order valence-electron chi connectivity index (χ1n) is 9.12. The quantitative estimate of drug-likeness (QED) is 0.309. The molecule has 0 aliphatic carbocycles. The molecule has 1 aliphatic heterocycles. The van der Waals surface area contributed by atoms with Gasteiger partial charge in [0.2, 0.25) is 0 Å². The lowest BCUT2D eigenvalue weighted by atomic mass is 10.1. The standard InChI is InChI=1S/C22H19BrClNO4S/c1-3-8-29-20-17(23)10-15(11-18(20)28-4-2)12-19-21(26)25(22(27)30-19)13-14-6-5-7-16(24)9-14/h3,5-7,9-12H,1,4,8,13H2,2H3/b19-12-. The Hall–Kier alpha value is -2.22. The van der Waals surface area contributed by atoms with Crippen molar-refractivity contribution in [2.75, 3.05) is 13.2 Å². The zero-order chi connectivity index (χ0) is 21.7. The topological polar surface area (TPSA) is 55.8 Å². The van der Waals surface area contributed by atoms with Crippen molar-refractivity contribution < 1.29 is 19.1 Å². The lowest BCUT2D eigenvalue weighted by molar-refractivity contribution is -0.123. The lowest BCUT2D eigenvalue weighted by Gasteiger charge is -2.14. The predicted octanol–water partition coefficient (Wildman–Crippen LogP) is 6.30. The number of benzene rings is 2. The summed E-state index contributed by atoms with van der Waals surface area (Å²) in [6, 6.07) is 10.7. The van der Waals surface area contributed by atoms with E-state index in [1.165, 1.54) is 4.90 Å². The highest BCUT2D eigenvalue weighted by atomic mass is 79.9. The third-order valence-electron chi connectivity index (χ3n) is 4.08. The van der Waals surface area contributed by atoms with Crippen molar-refractivity contribution in [3.8, 4) is 11.5 Å². The molecule has 1 fully saturated rings. The van der Waals surface area contributed by atoms with Crippen LogP contribution in [0.4, 0.5) is 4.79 Å². The molecule has 0 bridgehead atoms. The maximum Gasteiger partial charge on any atom is 0.293 e. The van der Waals surface area contributed by atoms with Crippen LogP contribution in [0.1, 0.15) is 18.1 Å². The molecule has 1 heterocycles. The van der Waals surface area contributed by atoms with Gasteiger partial charge in [0.15, 0.2) is 11.5 Å². The first kappa shape index (κ1) is 22.5. The maximum absolute atomic E-state index is 12.8. The highest BCUT2D eigenvalue weighted by Gasteiger charge is 2.35. The van der Waals surface area contributed by atoms with E-state index in [-0.39, 0.29) is 17.7 Å². The number of carbonyl (C=O) groups is 2. The van der Waals surface area contributed by atoms with Crippen LogP contribution >= 0.6 is 39.3 Å². The molecule has 2 aromatic carbocycles. The molecule has 0 radical (unpaired) electrons. The van der Waals surface area contributed by atoms with Gasteiger partial charge in [-0.05, 0) is 76.1 Å². The van der Waals surface area contributed by atoms with Crippen LogP contribution in [0.2, 0.25) is 5.02 Å². The molecule has 8 heteroatoms. The Balaban J connectivity index is 1.86. The molecule has 2 aromatic rings. The SMILES string of the molecule is C=CCOc1c(Br)cc(/C=C2\SC(=O)N(Cc3cccc(Cl)c3)C2=O)cc1OCC. The van der Waals surface area contributed by atoms with Crippen molar-refractivity contribution in [1.29, 1.82) is 0 Å². The second-order valence-corrected chi connectivity index (χ2v) is 8.54. The Morgan fingerprint density at radius 1 is 1.23 bits per heavy atom. The zero-order valence-corrected chi connectivity index (χ0v) is 19.4. The van der Waals surface area contributed by atoms with E-state index in [9.17, 15) is 9.59 Å². The number of nitrogens with zero attached hydrogens (tertiary/aromatic N) is 1. The number of hydrogen-bond acceptors (Lipinski definition) is 5. The summed E-state index contributed by atoms with van der Waals surface area (Å²) in [5.41, 5.74) is 1.50. The smallest absolute Gasteiger partial charge is 0.293 e. The van der Waals surface area contributed by atoms with Crippen molar-refractivity contribution in [2.45, 2.75) is 13.5 Å². The van der Waals surface area contributed by atoms with Gasteiger partial charge in [0.1, 0.15) is 6.61 Å². The number of imide groups is 1. The van der Waals surface area contributed by atoms with Crippen molar-refractivity contribution in [2.24, 2.45) is 0 Å². The first-order chi connectivity index (χ1) is 14.4. The van der Waals surface area contributed by atoms with Crippen molar-refractivity contribution in [3.63, 3.8) is 0 Å². The molecule has 0 aromatic heterocycles. The van der Waals surface area contributed by atoms with Crippen LogP contribution in [0.5, 0.6) is 11.5 Å². The van der Waals surface area contributed by atoms with E-state index in [0.29, 0.717) is 44.7 Å². The molecule has 3 rings (SSSR count). The Kier molecular flexibility index (Phi) is 7.64. The second-order valence-electron chi connectivity index (χ2n) is 6.26. The summed E-state index contributed by atoms with van der Waals surface area (Å²) < 4.78 is 12.0. The minimum Gasteiger partial charge on any atom is -0.490 e. The molecular weight excluding hydrogens is 490 g/mol. The van der Waals surface area contributed by atoms with Crippen LogP contribution in [0.15, 0.2) is 58.4 Å². The molecule has 0 N–H and O–H groups in total. The summed E-state index contributed by atoms with van der Waals surface area (Å²) in [7, 11) is 0. The summed E-state index contributed by atoms with van der Waals surface area (Å²) >= 11 is 10.4. The highest BCUT2D eigenvalue weighted by Crippen LogP contribution is 2.39. The van der Waals surface area contributed by atoms with Gasteiger partial charge in [-0.15, -0.1) is 0 Å². The molecule has 2 amide bonds. The minimum absolute atomic E-state index is 0.171. The van der Waals surface area contributed by atoms with Gasteiger partial charge in [0.05, 0.1) is 22.5 Å². The fraction of sp³-hybridized carbons (Fsp3) is 0.182. The second kappa shape index (κ2) is 10.2. The number of rotatable bonds is 8. The van der Waals surface area contributed by atoms with Gasteiger partial charge in [0, 0.05) is 5.02 Å². The summed E-state index contributed by atoms with van der Waals surface area (Å²) in [4.78, 5) is 26.8. The number of ether oxygens (including phenoxy) is 2. The van der Waals surface area contributed by atoms with E-state index in [2.05, 4.69) is 22.5 Å². The van der Waals surface area contributed by atoms with Crippen LogP contribution in [-0.2, 0) is 11.3 Å². The molecule has 0 unspecified atom stereocenters. The number of thioether (sulfide) groups is 1. The third kappa shape index (κ3) is 5.28. The Labute approximate surface area is 192 Å². The van der Waals surface area contributed by atoms with Gasteiger partial charge in [-0.3, -0.25) is 14.5 Å². The molecule has 156 valence electrons. The molecule has 0 atom stereocenters. The van der Waals surface area contributed by atoms with E-state index >= 15 is 0 Å². The predicted molar refractivity (Wildman–Crippen MR) is 124 cm³/mol. The van der Waals surface area contributed by atoms with Gasteiger partial charge < -0.3 is 9.47 Å². The van der Waals surface area contributed by atoms with E-state index < -0.39 is 0 Å². The Morgan fingerprint density at radius 2 is 2.03 bits per heavy atom. The Morgan fingerprint density at radius 3 is 2.73 bits per heavy atom. The fourth-order valence-electron chi connectivity index (χ4n) is 2.82. The molecule has 5 nitrogen and oxygen atoms in total. The van der Waals surface area contributed by atoms with Gasteiger partial charge in [0.25, 0.3) is 11.1 Å². The lowest BCUT2D eigenvalue weighted by Crippen LogP contribution is -2.27. The van der Waals surface area contributed by atoms with Gasteiger partial charge in [-0.25, -0.2) is 0 Å². The van der Waals surface area contributed by atoms with Crippen molar-refractivity contribution in [3.05, 3.63) is 74.6 Å². The molecule has 1 saturated heterocycles. The number of amides is 2. The summed E-state index contributed by atoms with van der Waals surface area (Å²) in [5.74, 6) is 0.757. The first-order valence-corrected chi connectivity index (χ1v) is 11.1. The average molecular weight is 509 g/mol. The summed E-state index contributed by atoms with van der Waals surface area (Å²) in [6.07, 6.45) is 3.32. The van der Waals surface area contributed by atoms with Crippen LogP contribution in [-0.4, -0.2) is 29.3 Å². The molecule has 0 spiro atoms. The zero-order valence-electron chi connectivity index (χ0n) is 16.2. The molecule has 1 aliphatic rings. The summed E-state index contributed by atoms with van der Waals surface area (Å²) in [6.45, 7) is 6.48. The van der Waals surface area contributed by atoms with E-state index in [1.807, 2.05) is 19.1 Å². The van der Waals surface area contributed by atoms with Crippen LogP contribution in [0.3, 0.4) is 0 Å². The van der Waals surface area contributed by atoms with E-state index in [4.69, 9.17) is 21.1 Å². The number of carbonyl (C=O) groups excluding carboxylic acids is 2. The van der Waals surface area contributed by atoms with Gasteiger partial charge in [-0.2, -0.15) is 0 Å². The Bertz CT molecular complexity index is 1020. The minimum atomic E-state index is -0.342. The van der Waals surface area contributed by atoms with Gasteiger partial charge in [-0.1, -0.05) is 36.4 Å². The fourth-order valence-corrected chi connectivity index (χ4v) is 4.45. The molecule has 30 heavy (non-hydrogen) atoms. The largest absolute Gasteiger partial charge is 0.490 e. The average Bonchev–Trinajstić information content (AvgIpc) is 2.95. The van der Waals surface area contributed by atoms with E-state index in [0.717, 1.165) is 17.3 Å². The molecular formula is C22H19BrClNO4S. The van der Waals surface area contributed by atoms with Crippen molar-refractivity contribution in [1.82, 2.24) is 4.90 Å². The number of hydrogen-bond donors (Lipinski definition) is 0. The van der Waals surface area contributed by atoms with Crippen LogP contribution < -0.4 is 9.47 Å². The monoisotopic (exact) mass is 507 g/mol. The molecule has 0 saturated carbocycles. The van der Waals surface area contributed by atoms with Gasteiger partial charge >= 0.3 is 0 Å². The number of halogens is 2. The third-order valence-corrected chi connectivity index (χ3v) is 5.81. The normalized spacial score (nSPS) is 15.0. The van der Waals surface area contributed by atoms with Crippen LogP contribution in [0.25, 0.3) is 6.08 Å². The highest BCUT2D eigenvalue weighted by molar-refractivity contribution is 9.10. The summed E-state index contributed by atoms with van der Waals surface area (Å²) in [5, 5.41) is 0.239. The maximum atomic E-state index is 12.8. The van der Waals surface area contributed by atoms with Crippen LogP contribution in [0, 0.1) is 0 Å². The van der Waals surface area contributed by atoms with Crippen molar-refractivity contribution >= 4 is 56.5 Å². The van der Waals surface area contributed by atoms with E-state index in [1.54, 1.807) is 36.4 Å².